The fourth-order valence-electron chi connectivity index (χ4n) is 1.92. The summed E-state index contributed by atoms with van der Waals surface area (Å²) in [6, 6.07) is 7.06. The summed E-state index contributed by atoms with van der Waals surface area (Å²) in [7, 11) is -4.22. The van der Waals surface area contributed by atoms with E-state index in [0.717, 1.165) is 30.3 Å². The minimum Gasteiger partial charge on any atom is -0.478 e. The summed E-state index contributed by atoms with van der Waals surface area (Å²) in [6.45, 7) is 0. The van der Waals surface area contributed by atoms with Crippen molar-refractivity contribution in [2.75, 3.05) is 4.72 Å². The zero-order valence-electron chi connectivity index (χ0n) is 12.2. The molecule has 0 amide bonds. The summed E-state index contributed by atoms with van der Waals surface area (Å²) in [4.78, 5) is 31.6. The van der Waals surface area contributed by atoms with E-state index >= 15 is 0 Å². The van der Waals surface area contributed by atoms with Gasteiger partial charge in [0.15, 0.2) is 0 Å². The van der Waals surface area contributed by atoms with Gasteiger partial charge in [0.1, 0.15) is 0 Å². The first-order valence-corrected chi connectivity index (χ1v) is 7.98. The molecule has 0 saturated heterocycles. The maximum atomic E-state index is 12.3. The fraction of sp³-hybridized carbons (Fsp3) is 0. The number of nitro groups is 1. The van der Waals surface area contributed by atoms with E-state index in [0.29, 0.717) is 0 Å². The van der Waals surface area contributed by atoms with Gasteiger partial charge >= 0.3 is 11.9 Å². The molecule has 2 rings (SSSR count). The second kappa shape index (κ2) is 6.57. The highest BCUT2D eigenvalue weighted by atomic mass is 32.2. The van der Waals surface area contributed by atoms with E-state index in [4.69, 9.17) is 10.2 Å². The van der Waals surface area contributed by atoms with E-state index in [2.05, 4.69) is 4.72 Å². The maximum Gasteiger partial charge on any atom is 0.336 e. The Bertz CT molecular complexity index is 967. The molecule has 10 nitrogen and oxygen atoms in total. The normalized spacial score (nSPS) is 10.9. The molecule has 0 spiro atoms. The predicted octanol–water partition coefficient (Wildman–Crippen LogP) is 1.79. The summed E-state index contributed by atoms with van der Waals surface area (Å²) in [5.41, 5.74) is -1.45. The van der Waals surface area contributed by atoms with Crippen molar-refractivity contribution < 1.29 is 33.1 Å². The van der Waals surface area contributed by atoms with Gasteiger partial charge < -0.3 is 10.2 Å². The third-order valence-corrected chi connectivity index (χ3v) is 4.47. The molecule has 2 aromatic carbocycles. The number of non-ortho nitro benzene ring substituents is 1. The number of aromatic carboxylic acids is 2. The predicted molar refractivity (Wildman–Crippen MR) is 84.3 cm³/mol. The Kier molecular flexibility index (Phi) is 4.70. The van der Waals surface area contributed by atoms with Crippen molar-refractivity contribution in [2.45, 2.75) is 4.90 Å². The molecular weight excluding hydrogens is 356 g/mol. The minimum atomic E-state index is -4.22. The first kappa shape index (κ1) is 17.9. The topological polar surface area (TPSA) is 164 Å². The highest BCUT2D eigenvalue weighted by Gasteiger charge is 2.22. The van der Waals surface area contributed by atoms with E-state index < -0.39 is 42.9 Å². The maximum absolute atomic E-state index is 12.3. The molecule has 0 radical (unpaired) electrons. The monoisotopic (exact) mass is 366 g/mol. The largest absolute Gasteiger partial charge is 0.478 e. The number of hydrogen-bond donors (Lipinski definition) is 3. The third-order valence-electron chi connectivity index (χ3n) is 3.09. The molecule has 11 heteroatoms. The van der Waals surface area contributed by atoms with E-state index in [1.54, 1.807) is 0 Å². The molecule has 0 aliphatic carbocycles. The zero-order valence-corrected chi connectivity index (χ0v) is 13.1. The van der Waals surface area contributed by atoms with Gasteiger partial charge in [-0.1, -0.05) is 0 Å². The van der Waals surface area contributed by atoms with Crippen molar-refractivity contribution in [3.63, 3.8) is 0 Å². The number of rotatable bonds is 6. The fourth-order valence-corrected chi connectivity index (χ4v) is 3.00. The van der Waals surface area contributed by atoms with Crippen LogP contribution in [0.5, 0.6) is 0 Å². The van der Waals surface area contributed by atoms with E-state index in [9.17, 15) is 28.1 Å². The summed E-state index contributed by atoms with van der Waals surface area (Å²) in [6.07, 6.45) is 0. The van der Waals surface area contributed by atoms with E-state index in [1.165, 1.54) is 12.1 Å². The number of nitrogens with zero attached hydrogens (tertiary/aromatic N) is 1. The number of nitrogens with one attached hydrogen (secondary N) is 1. The van der Waals surface area contributed by atoms with Crippen LogP contribution in [0.3, 0.4) is 0 Å². The molecule has 25 heavy (non-hydrogen) atoms. The first-order valence-electron chi connectivity index (χ1n) is 6.50. The molecule has 0 aliphatic rings. The second-order valence-electron chi connectivity index (χ2n) is 4.73. The van der Waals surface area contributed by atoms with Crippen molar-refractivity contribution in [3.05, 3.63) is 63.7 Å². The molecule has 0 aliphatic heterocycles. The molecule has 2 aromatic rings. The Morgan fingerprint density at radius 2 is 1.52 bits per heavy atom. The Balaban J connectivity index is 2.39. The lowest BCUT2D eigenvalue weighted by atomic mass is 10.1. The van der Waals surface area contributed by atoms with Gasteiger partial charge in [0.2, 0.25) is 0 Å². The van der Waals surface area contributed by atoms with Gasteiger partial charge in [-0.2, -0.15) is 0 Å². The Labute approximate surface area is 140 Å². The average molecular weight is 366 g/mol. The van der Waals surface area contributed by atoms with Gasteiger partial charge in [-0.3, -0.25) is 14.8 Å². The number of hydrogen-bond acceptors (Lipinski definition) is 6. The van der Waals surface area contributed by atoms with Crippen molar-refractivity contribution in [2.24, 2.45) is 0 Å². The summed E-state index contributed by atoms with van der Waals surface area (Å²) in [5, 5.41) is 28.5. The SMILES string of the molecule is O=C(O)c1ccc(S(=O)(=O)Nc2ccc([N+](=O)[O-])cc2)cc1C(=O)O. The lowest BCUT2D eigenvalue weighted by molar-refractivity contribution is -0.384. The van der Waals surface area contributed by atoms with Crippen molar-refractivity contribution in [1.29, 1.82) is 0 Å². The number of anilines is 1. The third kappa shape index (κ3) is 3.90. The van der Waals surface area contributed by atoms with Gasteiger partial charge in [0.25, 0.3) is 15.7 Å². The molecular formula is C14H10N2O8S. The molecule has 0 saturated carbocycles. The zero-order chi connectivity index (χ0) is 18.8. The molecule has 0 bridgehead atoms. The standard InChI is InChI=1S/C14H10N2O8S/c17-13(18)11-6-5-10(7-12(11)14(19)20)25(23,24)15-8-1-3-9(4-2-8)16(21)22/h1-7,15H,(H,17,18)(H,19,20). The van der Waals surface area contributed by atoms with Crippen LogP contribution in [-0.4, -0.2) is 35.5 Å². The molecule has 0 aromatic heterocycles. The lowest BCUT2D eigenvalue weighted by Gasteiger charge is -2.09. The molecule has 0 fully saturated rings. The Hall–Kier alpha value is -3.47. The highest BCUT2D eigenvalue weighted by molar-refractivity contribution is 7.92. The van der Waals surface area contributed by atoms with Crippen LogP contribution in [0.25, 0.3) is 0 Å². The van der Waals surface area contributed by atoms with E-state index in [-0.39, 0.29) is 11.4 Å². The number of carboxylic acids is 2. The minimum absolute atomic E-state index is 0.0183. The van der Waals surface area contributed by atoms with Crippen LogP contribution in [0.2, 0.25) is 0 Å². The lowest BCUT2D eigenvalue weighted by Crippen LogP contribution is -2.15. The average Bonchev–Trinajstić information content (AvgIpc) is 2.54. The number of nitro benzene ring substituents is 1. The number of carbonyl (C=O) groups is 2. The van der Waals surface area contributed by atoms with Crippen LogP contribution < -0.4 is 4.72 Å². The van der Waals surface area contributed by atoms with Gasteiger partial charge in [0.05, 0.1) is 20.9 Å². The van der Waals surface area contributed by atoms with Crippen LogP contribution in [0, 0.1) is 10.1 Å². The number of sulfonamides is 1. The smallest absolute Gasteiger partial charge is 0.336 e. The van der Waals surface area contributed by atoms with Gasteiger partial charge in [-0.15, -0.1) is 0 Å². The second-order valence-corrected chi connectivity index (χ2v) is 6.41. The quantitative estimate of drug-likeness (QED) is 0.514. The van der Waals surface area contributed by atoms with Crippen molar-refractivity contribution in [3.8, 4) is 0 Å². The van der Waals surface area contributed by atoms with E-state index in [1.807, 2.05) is 0 Å². The summed E-state index contributed by atoms with van der Waals surface area (Å²) < 4.78 is 26.7. The Morgan fingerprint density at radius 3 is 2.00 bits per heavy atom. The van der Waals surface area contributed by atoms with Gasteiger partial charge in [0, 0.05) is 17.8 Å². The van der Waals surface area contributed by atoms with Crippen LogP contribution in [0.1, 0.15) is 20.7 Å². The summed E-state index contributed by atoms with van der Waals surface area (Å²) in [5.74, 6) is -3.10. The van der Waals surface area contributed by atoms with Crippen molar-refractivity contribution >= 4 is 33.3 Å². The summed E-state index contributed by atoms with van der Waals surface area (Å²) >= 11 is 0. The molecule has 0 atom stereocenters. The first-order chi connectivity index (χ1) is 11.6. The molecule has 0 unspecified atom stereocenters. The van der Waals surface area contributed by atoms with Crippen LogP contribution in [0.15, 0.2) is 47.4 Å². The Morgan fingerprint density at radius 1 is 0.960 bits per heavy atom. The number of carboxylic acid groups (broad SMARTS) is 2. The highest BCUT2D eigenvalue weighted by Crippen LogP contribution is 2.21. The van der Waals surface area contributed by atoms with Crippen LogP contribution in [0.4, 0.5) is 11.4 Å². The number of benzene rings is 2. The van der Waals surface area contributed by atoms with Gasteiger partial charge in [-0.25, -0.2) is 18.0 Å². The van der Waals surface area contributed by atoms with Crippen molar-refractivity contribution in [1.82, 2.24) is 0 Å². The molecule has 3 N–H and O–H groups in total. The van der Waals surface area contributed by atoms with Gasteiger partial charge in [-0.05, 0) is 30.3 Å². The van der Waals surface area contributed by atoms with Crippen LogP contribution in [-0.2, 0) is 10.0 Å². The van der Waals surface area contributed by atoms with Crippen LogP contribution >= 0.6 is 0 Å². The molecule has 0 heterocycles. The molecule has 130 valence electrons.